The summed E-state index contributed by atoms with van der Waals surface area (Å²) in [6.07, 6.45) is 5.36. The van der Waals surface area contributed by atoms with Gasteiger partial charge in [-0.1, -0.05) is 29.8 Å². The molecule has 2 aromatic rings. The van der Waals surface area contributed by atoms with Gasteiger partial charge in [0.2, 0.25) is 0 Å². The van der Waals surface area contributed by atoms with Crippen LogP contribution < -0.4 is 11.1 Å². The number of dihydropyridines is 1. The zero-order chi connectivity index (χ0) is 15.7. The fourth-order valence-corrected chi connectivity index (χ4v) is 2.92. The lowest BCUT2D eigenvalue weighted by molar-refractivity contribution is 0.617. The first kappa shape index (κ1) is 14.6. The van der Waals surface area contributed by atoms with Crippen molar-refractivity contribution in [2.75, 3.05) is 0 Å². The van der Waals surface area contributed by atoms with E-state index < -0.39 is 5.00 Å². The zero-order valence-electron chi connectivity index (χ0n) is 12.0. The van der Waals surface area contributed by atoms with Crippen LogP contribution in [-0.2, 0) is 5.00 Å². The van der Waals surface area contributed by atoms with Gasteiger partial charge >= 0.3 is 0 Å². The van der Waals surface area contributed by atoms with Crippen LogP contribution >= 0.6 is 11.6 Å². The summed E-state index contributed by atoms with van der Waals surface area (Å²) in [4.78, 5) is 3.15. The number of alkyl halides is 1. The van der Waals surface area contributed by atoms with Gasteiger partial charge in [0.25, 0.3) is 0 Å². The number of aromatic nitrogens is 1. The number of nitrogens with zero attached hydrogens (tertiary/aromatic N) is 1. The third-order valence-electron chi connectivity index (χ3n) is 3.57. The summed E-state index contributed by atoms with van der Waals surface area (Å²) in [5, 5.41) is 3.09. The molecule has 0 radical (unpaired) electrons. The van der Waals surface area contributed by atoms with Crippen LogP contribution in [0.5, 0.6) is 0 Å². The molecule has 0 saturated heterocycles. The summed E-state index contributed by atoms with van der Waals surface area (Å²) in [5.74, 6) is 0.141. The average molecular weight is 316 g/mol. The molecule has 0 saturated carbocycles. The molecule has 1 aliphatic heterocycles. The van der Waals surface area contributed by atoms with Crippen molar-refractivity contribution in [2.24, 2.45) is 5.73 Å². The summed E-state index contributed by atoms with van der Waals surface area (Å²) in [5.41, 5.74) is 9.25. The lowest BCUT2D eigenvalue weighted by atomic mass is 9.90. The van der Waals surface area contributed by atoms with Crippen LogP contribution in [0.1, 0.15) is 16.8 Å². The number of halogens is 2. The van der Waals surface area contributed by atoms with Gasteiger partial charge in [0.15, 0.2) is 5.00 Å². The van der Waals surface area contributed by atoms with Crippen molar-refractivity contribution in [1.29, 1.82) is 0 Å². The predicted octanol–water partition coefficient (Wildman–Crippen LogP) is 3.41. The van der Waals surface area contributed by atoms with Gasteiger partial charge in [0.1, 0.15) is 5.82 Å². The Hall–Kier alpha value is -2.33. The van der Waals surface area contributed by atoms with E-state index in [0.29, 0.717) is 11.4 Å². The van der Waals surface area contributed by atoms with Gasteiger partial charge in [-0.15, -0.1) is 0 Å². The fourth-order valence-electron chi connectivity index (χ4n) is 2.51. The van der Waals surface area contributed by atoms with E-state index in [1.807, 2.05) is 25.1 Å². The number of nitrogens with two attached hydrogens (primary N) is 1. The Labute approximate surface area is 133 Å². The molecule has 1 unspecified atom stereocenters. The average Bonchev–Trinajstić information content (AvgIpc) is 2.47. The van der Waals surface area contributed by atoms with E-state index in [4.69, 9.17) is 17.3 Å². The molecule has 3 nitrogen and oxygen atoms in total. The van der Waals surface area contributed by atoms with Crippen LogP contribution in [0.25, 0.3) is 5.57 Å². The van der Waals surface area contributed by atoms with Gasteiger partial charge in [-0.2, -0.15) is 0 Å². The third-order valence-corrected chi connectivity index (χ3v) is 4.08. The van der Waals surface area contributed by atoms with Crippen molar-refractivity contribution in [1.82, 2.24) is 10.3 Å². The molecule has 112 valence electrons. The van der Waals surface area contributed by atoms with Crippen molar-refractivity contribution in [3.63, 3.8) is 0 Å². The highest BCUT2D eigenvalue weighted by Crippen LogP contribution is 2.42. The number of hydrogen-bond donors (Lipinski definition) is 2. The largest absolute Gasteiger partial charge is 0.385 e. The molecule has 1 aromatic heterocycles. The van der Waals surface area contributed by atoms with E-state index in [-0.39, 0.29) is 5.82 Å². The van der Waals surface area contributed by atoms with Crippen LogP contribution in [-0.4, -0.2) is 4.98 Å². The van der Waals surface area contributed by atoms with Crippen molar-refractivity contribution in [3.8, 4) is 0 Å². The van der Waals surface area contributed by atoms with Gasteiger partial charge in [-0.3, -0.25) is 4.98 Å². The monoisotopic (exact) mass is 315 g/mol. The molecule has 1 aliphatic rings. The first-order valence-electron chi connectivity index (χ1n) is 6.83. The van der Waals surface area contributed by atoms with Gasteiger partial charge in [-0.25, -0.2) is 4.39 Å². The quantitative estimate of drug-likeness (QED) is 0.659. The Morgan fingerprint density at radius 3 is 2.59 bits per heavy atom. The SMILES string of the molecule is Cc1cc(C2=CC=C(N)NC2(Cl)c2ccc(F)cc2)ccn1. The minimum atomic E-state index is -1.06. The fraction of sp³-hybridized carbons (Fsp3) is 0.118. The smallest absolute Gasteiger partial charge is 0.165 e. The normalized spacial score (nSPS) is 20.9. The second kappa shape index (κ2) is 5.46. The molecule has 2 heterocycles. The van der Waals surface area contributed by atoms with Crippen LogP contribution in [0.2, 0.25) is 0 Å². The molecular weight excluding hydrogens is 301 g/mol. The summed E-state index contributed by atoms with van der Waals surface area (Å²) < 4.78 is 13.2. The molecule has 5 heteroatoms. The molecule has 1 atom stereocenters. The molecule has 22 heavy (non-hydrogen) atoms. The van der Waals surface area contributed by atoms with Gasteiger partial charge in [0.05, 0.1) is 5.82 Å². The zero-order valence-corrected chi connectivity index (χ0v) is 12.7. The summed E-state index contributed by atoms with van der Waals surface area (Å²) in [6.45, 7) is 1.92. The number of hydrogen-bond acceptors (Lipinski definition) is 3. The maximum atomic E-state index is 13.2. The van der Waals surface area contributed by atoms with Gasteiger partial charge < -0.3 is 11.1 Å². The topological polar surface area (TPSA) is 50.9 Å². The van der Waals surface area contributed by atoms with Crippen LogP contribution in [0.4, 0.5) is 4.39 Å². The Bertz CT molecular complexity index is 768. The Morgan fingerprint density at radius 2 is 1.91 bits per heavy atom. The van der Waals surface area contributed by atoms with E-state index in [1.54, 1.807) is 24.4 Å². The molecule has 0 bridgehead atoms. The van der Waals surface area contributed by atoms with E-state index in [9.17, 15) is 4.39 Å². The maximum absolute atomic E-state index is 13.2. The second-order valence-electron chi connectivity index (χ2n) is 5.18. The highest BCUT2D eigenvalue weighted by Gasteiger charge is 2.36. The Morgan fingerprint density at radius 1 is 1.18 bits per heavy atom. The molecule has 0 aliphatic carbocycles. The summed E-state index contributed by atoms with van der Waals surface area (Å²) >= 11 is 6.86. The highest BCUT2D eigenvalue weighted by molar-refractivity contribution is 6.30. The van der Waals surface area contributed by atoms with Crippen molar-refractivity contribution in [3.05, 3.63) is 83.2 Å². The lowest BCUT2D eigenvalue weighted by Gasteiger charge is -2.35. The molecule has 1 aromatic carbocycles. The van der Waals surface area contributed by atoms with Crippen LogP contribution in [0, 0.1) is 12.7 Å². The molecule has 3 rings (SSSR count). The number of pyridine rings is 1. The van der Waals surface area contributed by atoms with Crippen molar-refractivity contribution >= 4 is 17.2 Å². The molecular formula is C17H15ClFN3. The molecule has 0 fully saturated rings. The van der Waals surface area contributed by atoms with Gasteiger partial charge in [0, 0.05) is 17.5 Å². The molecule has 3 N–H and O–H groups in total. The van der Waals surface area contributed by atoms with Crippen LogP contribution in [0.15, 0.2) is 60.6 Å². The predicted molar refractivity (Wildman–Crippen MR) is 86.3 cm³/mol. The second-order valence-corrected chi connectivity index (χ2v) is 5.75. The first-order chi connectivity index (χ1) is 10.5. The number of rotatable bonds is 2. The minimum absolute atomic E-state index is 0.311. The third kappa shape index (κ3) is 2.57. The van der Waals surface area contributed by atoms with E-state index in [1.165, 1.54) is 12.1 Å². The van der Waals surface area contributed by atoms with E-state index in [0.717, 1.165) is 16.8 Å². The highest BCUT2D eigenvalue weighted by atomic mass is 35.5. The van der Waals surface area contributed by atoms with E-state index in [2.05, 4.69) is 10.3 Å². The van der Waals surface area contributed by atoms with Crippen molar-refractivity contribution < 1.29 is 4.39 Å². The van der Waals surface area contributed by atoms with Gasteiger partial charge in [-0.05, 0) is 48.4 Å². The number of aryl methyl sites for hydroxylation is 1. The Kier molecular flexibility index (Phi) is 3.62. The standard InChI is InChI=1S/C17H15ClFN3/c1-11-10-12(8-9-21-11)15-6-7-16(20)22-17(15,18)13-2-4-14(19)5-3-13/h2-10,22H,20H2,1H3. The lowest BCUT2D eigenvalue weighted by Crippen LogP contribution is -2.42. The minimum Gasteiger partial charge on any atom is -0.385 e. The number of nitrogens with one attached hydrogen (secondary N) is 1. The molecule has 0 amide bonds. The molecule has 0 spiro atoms. The van der Waals surface area contributed by atoms with Crippen molar-refractivity contribution in [2.45, 2.75) is 11.9 Å². The Balaban J connectivity index is 2.14. The number of allylic oxidation sites excluding steroid dienone is 2. The first-order valence-corrected chi connectivity index (χ1v) is 7.21. The maximum Gasteiger partial charge on any atom is 0.165 e. The summed E-state index contributed by atoms with van der Waals surface area (Å²) in [7, 11) is 0. The van der Waals surface area contributed by atoms with E-state index >= 15 is 0 Å². The number of benzene rings is 1. The summed E-state index contributed by atoms with van der Waals surface area (Å²) in [6, 6.07) is 9.89. The van der Waals surface area contributed by atoms with Crippen LogP contribution in [0.3, 0.4) is 0 Å².